The van der Waals surface area contributed by atoms with Crippen LogP contribution in [0.2, 0.25) is 0 Å². The second-order valence-corrected chi connectivity index (χ2v) is 8.22. The Balaban J connectivity index is 1.45. The summed E-state index contributed by atoms with van der Waals surface area (Å²) in [5, 5.41) is 3.68. The van der Waals surface area contributed by atoms with Crippen molar-refractivity contribution in [1.29, 1.82) is 0 Å². The molecule has 0 atom stereocenters. The smallest absolute Gasteiger partial charge is 0.329 e. The Morgan fingerprint density at radius 2 is 1.55 bits per heavy atom. The number of hydrogen-bond acceptors (Lipinski definition) is 2. The van der Waals surface area contributed by atoms with Gasteiger partial charge in [-0.25, -0.2) is 9.18 Å². The lowest BCUT2D eigenvalue weighted by Crippen LogP contribution is -2.30. The van der Waals surface area contributed by atoms with Gasteiger partial charge in [0.05, 0.1) is 6.54 Å². The van der Waals surface area contributed by atoms with Gasteiger partial charge >= 0.3 is 6.03 Å². The van der Waals surface area contributed by atoms with Gasteiger partial charge in [0.15, 0.2) is 0 Å². The van der Waals surface area contributed by atoms with Gasteiger partial charge in [0.25, 0.3) is 5.91 Å². The highest BCUT2D eigenvalue weighted by Crippen LogP contribution is 2.26. The number of aromatic nitrogens is 1. The molecule has 33 heavy (non-hydrogen) atoms. The van der Waals surface area contributed by atoms with Gasteiger partial charge in [-0.15, -0.1) is 0 Å². The van der Waals surface area contributed by atoms with Crippen molar-refractivity contribution >= 4 is 28.9 Å². The molecule has 0 unspecified atom stereocenters. The molecule has 0 bridgehead atoms. The summed E-state index contributed by atoms with van der Waals surface area (Å²) in [6.45, 7) is 2.77. The van der Waals surface area contributed by atoms with Gasteiger partial charge < -0.3 is 9.88 Å². The number of imide groups is 1. The molecule has 164 valence electrons. The molecule has 3 aromatic carbocycles. The van der Waals surface area contributed by atoms with Crippen molar-refractivity contribution in [2.45, 2.75) is 20.0 Å². The number of benzene rings is 3. The molecule has 1 aliphatic rings. The first-order valence-corrected chi connectivity index (χ1v) is 10.7. The number of aryl methyl sites for hydroxylation is 1. The van der Waals surface area contributed by atoms with E-state index in [1.54, 1.807) is 18.2 Å². The molecule has 1 aromatic heterocycles. The molecular weight excluding hydrogens is 417 g/mol. The number of amides is 3. The van der Waals surface area contributed by atoms with E-state index in [2.05, 4.69) is 9.88 Å². The minimum Gasteiger partial charge on any atom is -0.342 e. The summed E-state index contributed by atoms with van der Waals surface area (Å²) in [5.74, 6) is -0.622. The largest absolute Gasteiger partial charge is 0.342 e. The van der Waals surface area contributed by atoms with E-state index in [0.29, 0.717) is 6.54 Å². The van der Waals surface area contributed by atoms with E-state index in [4.69, 9.17) is 0 Å². The van der Waals surface area contributed by atoms with Crippen molar-refractivity contribution in [3.05, 3.63) is 113 Å². The highest BCUT2D eigenvalue weighted by molar-refractivity contribution is 6.14. The van der Waals surface area contributed by atoms with E-state index in [0.717, 1.165) is 33.2 Å². The van der Waals surface area contributed by atoms with Crippen LogP contribution >= 0.6 is 0 Å². The van der Waals surface area contributed by atoms with Gasteiger partial charge in [-0.3, -0.25) is 9.69 Å². The van der Waals surface area contributed by atoms with Crippen molar-refractivity contribution < 1.29 is 14.0 Å². The predicted octanol–water partition coefficient (Wildman–Crippen LogP) is 5.23. The Morgan fingerprint density at radius 3 is 2.30 bits per heavy atom. The number of carbonyl (C=O) groups excluding carboxylic acids is 2. The fourth-order valence-electron chi connectivity index (χ4n) is 4.05. The van der Waals surface area contributed by atoms with Crippen molar-refractivity contribution in [1.82, 2.24) is 14.8 Å². The molecule has 0 saturated carbocycles. The second-order valence-electron chi connectivity index (χ2n) is 8.22. The van der Waals surface area contributed by atoms with Gasteiger partial charge in [0, 0.05) is 29.2 Å². The van der Waals surface area contributed by atoms with Crippen LogP contribution < -0.4 is 5.32 Å². The van der Waals surface area contributed by atoms with Crippen molar-refractivity contribution in [3.63, 3.8) is 0 Å². The van der Waals surface area contributed by atoms with Gasteiger partial charge in [-0.2, -0.15) is 0 Å². The van der Waals surface area contributed by atoms with Gasteiger partial charge in [-0.05, 0) is 42.3 Å². The average molecular weight is 439 g/mol. The standard InChI is InChI=1S/C27H22FN3O2/c1-18-6-8-20(9-7-18)16-31-26(32)24(29-27(31)33)14-21-17-30(25-5-3-2-4-23(21)25)15-19-10-12-22(28)13-11-19/h2-14,17H,15-16H2,1H3,(H,29,33)/b24-14+. The molecule has 0 spiro atoms. The molecule has 1 fully saturated rings. The number of hydrogen-bond donors (Lipinski definition) is 1. The van der Waals surface area contributed by atoms with E-state index < -0.39 is 6.03 Å². The minimum absolute atomic E-state index is 0.217. The Morgan fingerprint density at radius 1 is 0.879 bits per heavy atom. The van der Waals surface area contributed by atoms with E-state index in [-0.39, 0.29) is 24.0 Å². The molecular formula is C27H22FN3O2. The molecule has 1 aliphatic heterocycles. The minimum atomic E-state index is -0.429. The van der Waals surface area contributed by atoms with E-state index >= 15 is 0 Å². The van der Waals surface area contributed by atoms with Crippen LogP contribution in [-0.2, 0) is 17.9 Å². The first kappa shape index (κ1) is 20.7. The second kappa shape index (κ2) is 8.39. The molecule has 2 heterocycles. The average Bonchev–Trinajstić information content (AvgIpc) is 3.29. The number of para-hydroxylation sites is 1. The summed E-state index contributed by atoms with van der Waals surface area (Å²) in [4.78, 5) is 26.7. The summed E-state index contributed by atoms with van der Waals surface area (Å²) in [6, 6.07) is 21.6. The Kier molecular flexibility index (Phi) is 5.26. The fourth-order valence-corrected chi connectivity index (χ4v) is 4.05. The zero-order chi connectivity index (χ0) is 22.9. The van der Waals surface area contributed by atoms with Crippen LogP contribution in [0.4, 0.5) is 9.18 Å². The van der Waals surface area contributed by atoms with Crippen molar-refractivity contribution in [2.75, 3.05) is 0 Å². The van der Waals surface area contributed by atoms with Crippen LogP contribution in [0.5, 0.6) is 0 Å². The van der Waals surface area contributed by atoms with Crippen LogP contribution in [-0.4, -0.2) is 21.4 Å². The molecule has 1 N–H and O–H groups in total. The molecule has 6 heteroatoms. The molecule has 5 rings (SSSR count). The molecule has 4 aromatic rings. The number of nitrogens with one attached hydrogen (secondary N) is 1. The van der Waals surface area contributed by atoms with Crippen LogP contribution in [0.3, 0.4) is 0 Å². The number of urea groups is 1. The number of halogens is 1. The zero-order valence-corrected chi connectivity index (χ0v) is 18.1. The summed E-state index contributed by atoms with van der Waals surface area (Å²) < 4.78 is 15.3. The van der Waals surface area contributed by atoms with Crippen molar-refractivity contribution in [2.24, 2.45) is 0 Å². The third kappa shape index (κ3) is 4.15. The molecule has 5 nitrogen and oxygen atoms in total. The maximum Gasteiger partial charge on any atom is 0.329 e. The number of rotatable bonds is 5. The lowest BCUT2D eigenvalue weighted by molar-refractivity contribution is -0.123. The monoisotopic (exact) mass is 439 g/mol. The van der Waals surface area contributed by atoms with Crippen LogP contribution in [0.1, 0.15) is 22.3 Å². The summed E-state index contributed by atoms with van der Waals surface area (Å²) in [7, 11) is 0. The highest BCUT2D eigenvalue weighted by Gasteiger charge is 2.33. The third-order valence-electron chi connectivity index (χ3n) is 5.81. The van der Waals surface area contributed by atoms with Gasteiger partial charge in [0.2, 0.25) is 0 Å². The van der Waals surface area contributed by atoms with E-state index in [1.165, 1.54) is 17.0 Å². The lowest BCUT2D eigenvalue weighted by atomic mass is 10.1. The number of carbonyl (C=O) groups is 2. The normalized spacial score (nSPS) is 15.0. The van der Waals surface area contributed by atoms with Crippen LogP contribution in [0.25, 0.3) is 17.0 Å². The first-order valence-electron chi connectivity index (χ1n) is 10.7. The van der Waals surface area contributed by atoms with E-state index in [1.807, 2.05) is 61.7 Å². The quantitative estimate of drug-likeness (QED) is 0.342. The molecule has 0 aliphatic carbocycles. The Hall–Kier alpha value is -4.19. The van der Waals surface area contributed by atoms with Crippen molar-refractivity contribution in [3.8, 4) is 0 Å². The fraction of sp³-hybridized carbons (Fsp3) is 0.111. The predicted molar refractivity (Wildman–Crippen MR) is 126 cm³/mol. The van der Waals surface area contributed by atoms with Crippen LogP contribution in [0, 0.1) is 12.7 Å². The summed E-state index contributed by atoms with van der Waals surface area (Å²) in [6.07, 6.45) is 3.67. The van der Waals surface area contributed by atoms with Gasteiger partial charge in [-0.1, -0.05) is 60.2 Å². The van der Waals surface area contributed by atoms with Gasteiger partial charge in [0.1, 0.15) is 11.5 Å². The number of fused-ring (bicyclic) bond motifs is 1. The summed E-state index contributed by atoms with van der Waals surface area (Å²) >= 11 is 0. The topological polar surface area (TPSA) is 54.3 Å². The zero-order valence-electron chi connectivity index (χ0n) is 18.1. The molecule has 0 radical (unpaired) electrons. The van der Waals surface area contributed by atoms with E-state index in [9.17, 15) is 14.0 Å². The maximum atomic E-state index is 13.3. The lowest BCUT2D eigenvalue weighted by Gasteiger charge is -2.11. The third-order valence-corrected chi connectivity index (χ3v) is 5.81. The Labute approximate surface area is 190 Å². The SMILES string of the molecule is Cc1ccc(CN2C(=O)N/C(=C/c3cn(Cc4ccc(F)cc4)c4ccccc34)C2=O)cc1. The highest BCUT2D eigenvalue weighted by atomic mass is 19.1. The Bertz CT molecular complexity index is 1390. The molecule has 3 amide bonds. The summed E-state index contributed by atoms with van der Waals surface area (Å²) in [5.41, 5.74) is 5.04. The molecule has 1 saturated heterocycles. The van der Waals surface area contributed by atoms with Crippen LogP contribution in [0.15, 0.2) is 84.7 Å². The first-order chi connectivity index (χ1) is 16.0. The maximum absolute atomic E-state index is 13.3. The number of nitrogens with zero attached hydrogens (tertiary/aromatic N) is 2.